The van der Waals surface area contributed by atoms with Gasteiger partial charge in [-0.3, -0.25) is 9.69 Å². The Morgan fingerprint density at radius 1 is 1.17 bits per heavy atom. The molecule has 1 atom stereocenters. The maximum Gasteiger partial charge on any atom is 0.410 e. The number of hydrogen-bond donors (Lipinski definition) is 0. The molecule has 1 spiro atoms. The first kappa shape index (κ1) is 15.2. The second kappa shape index (κ2) is 5.34. The first-order chi connectivity index (χ1) is 11.5. The summed E-state index contributed by atoms with van der Waals surface area (Å²) in [6.07, 6.45) is 0.565. The molecule has 126 valence electrons. The molecule has 1 aromatic heterocycles. The maximum absolute atomic E-state index is 12.6. The molecule has 0 N–H and O–H groups in total. The van der Waals surface area contributed by atoms with Gasteiger partial charge in [0.15, 0.2) is 0 Å². The van der Waals surface area contributed by atoms with Gasteiger partial charge in [0, 0.05) is 45.7 Å². The highest BCUT2D eigenvalue weighted by molar-refractivity contribution is 5.79. The molecule has 2 aliphatic rings. The fourth-order valence-corrected chi connectivity index (χ4v) is 3.91. The van der Waals surface area contributed by atoms with Crippen molar-refractivity contribution in [2.45, 2.75) is 18.6 Å². The lowest BCUT2D eigenvalue weighted by atomic mass is 10.0. The monoisotopic (exact) mass is 327 g/mol. The molecule has 0 saturated carbocycles. The minimum atomic E-state index is -0.409. The molecular formula is C18H21N3O3. The number of hydrogen-bond acceptors (Lipinski definition) is 4. The second-order valence-electron chi connectivity index (χ2n) is 6.96. The molecule has 24 heavy (non-hydrogen) atoms. The van der Waals surface area contributed by atoms with Crippen LogP contribution in [0.15, 0.2) is 35.1 Å². The highest BCUT2D eigenvalue weighted by Crippen LogP contribution is 2.32. The number of benzene rings is 1. The van der Waals surface area contributed by atoms with Crippen molar-refractivity contribution in [1.82, 2.24) is 14.4 Å². The Morgan fingerprint density at radius 3 is 2.71 bits per heavy atom. The number of carbonyl (C=O) groups excluding carboxylic acids is 1. The quantitative estimate of drug-likeness (QED) is 0.840. The summed E-state index contributed by atoms with van der Waals surface area (Å²) >= 11 is 0. The van der Waals surface area contributed by atoms with Gasteiger partial charge in [0.05, 0.1) is 12.1 Å². The molecule has 0 bridgehead atoms. The molecule has 0 unspecified atom stereocenters. The zero-order chi connectivity index (χ0) is 16.9. The van der Waals surface area contributed by atoms with Gasteiger partial charge in [-0.05, 0) is 17.5 Å². The summed E-state index contributed by atoms with van der Waals surface area (Å²) in [6.45, 7) is 2.72. The summed E-state index contributed by atoms with van der Waals surface area (Å²) in [5, 5.41) is 1.07. The van der Waals surface area contributed by atoms with Crippen LogP contribution in [0.2, 0.25) is 0 Å². The second-order valence-corrected chi connectivity index (χ2v) is 6.96. The van der Waals surface area contributed by atoms with E-state index in [-0.39, 0.29) is 11.7 Å². The first-order valence-corrected chi connectivity index (χ1v) is 8.22. The Bertz CT molecular complexity index is 875. The molecule has 2 saturated heterocycles. The maximum atomic E-state index is 12.6. The molecule has 2 aromatic rings. The van der Waals surface area contributed by atoms with E-state index < -0.39 is 5.60 Å². The third-order valence-corrected chi connectivity index (χ3v) is 5.14. The minimum absolute atomic E-state index is 0.0372. The molecule has 1 aromatic carbocycles. The largest absolute Gasteiger partial charge is 0.439 e. The van der Waals surface area contributed by atoms with Crippen molar-refractivity contribution in [3.8, 4) is 0 Å². The van der Waals surface area contributed by atoms with E-state index in [1.807, 2.05) is 37.4 Å². The van der Waals surface area contributed by atoms with Crippen LogP contribution in [0.5, 0.6) is 0 Å². The number of aromatic nitrogens is 1. The van der Waals surface area contributed by atoms with E-state index in [0.717, 1.165) is 29.4 Å². The first-order valence-electron chi connectivity index (χ1n) is 8.22. The summed E-state index contributed by atoms with van der Waals surface area (Å²) in [6, 6.07) is 9.89. The minimum Gasteiger partial charge on any atom is -0.439 e. The SMILES string of the molecule is CN1C[C@@]2(CCN(Cc3cc4ccccc4n(C)c3=O)C2)OC1=O. The lowest BCUT2D eigenvalue weighted by Crippen LogP contribution is -2.37. The highest BCUT2D eigenvalue weighted by atomic mass is 16.6. The van der Waals surface area contributed by atoms with Crippen LogP contribution in [0.1, 0.15) is 12.0 Å². The van der Waals surface area contributed by atoms with Crippen LogP contribution in [-0.2, 0) is 18.3 Å². The molecule has 6 heteroatoms. The molecular weight excluding hydrogens is 306 g/mol. The summed E-state index contributed by atoms with van der Waals surface area (Å²) < 4.78 is 7.28. The number of aryl methyl sites for hydroxylation is 1. The Kier molecular flexibility index (Phi) is 3.38. The topological polar surface area (TPSA) is 54.8 Å². The summed E-state index contributed by atoms with van der Waals surface area (Å²) in [5.74, 6) is 0. The van der Waals surface area contributed by atoms with Gasteiger partial charge in [0.2, 0.25) is 0 Å². The average molecular weight is 327 g/mol. The smallest absolute Gasteiger partial charge is 0.410 e. The number of rotatable bonds is 2. The van der Waals surface area contributed by atoms with Crippen LogP contribution in [0, 0.1) is 0 Å². The molecule has 0 aliphatic carbocycles. The number of ether oxygens (including phenoxy) is 1. The lowest BCUT2D eigenvalue weighted by molar-refractivity contribution is 0.0627. The van der Waals surface area contributed by atoms with Crippen LogP contribution in [0.25, 0.3) is 10.9 Å². The van der Waals surface area contributed by atoms with Crippen LogP contribution < -0.4 is 5.56 Å². The van der Waals surface area contributed by atoms with Crippen LogP contribution in [-0.4, -0.2) is 52.7 Å². The Balaban J connectivity index is 1.59. The van der Waals surface area contributed by atoms with Gasteiger partial charge in [-0.25, -0.2) is 4.79 Å². The summed E-state index contributed by atoms with van der Waals surface area (Å²) in [5.41, 5.74) is 1.35. The van der Waals surface area contributed by atoms with Crippen molar-refractivity contribution in [2.75, 3.05) is 26.7 Å². The lowest BCUT2D eigenvalue weighted by Gasteiger charge is -2.22. The van der Waals surface area contributed by atoms with Gasteiger partial charge in [-0.2, -0.15) is 0 Å². The Labute approximate surface area is 140 Å². The van der Waals surface area contributed by atoms with Gasteiger partial charge < -0.3 is 14.2 Å². The van der Waals surface area contributed by atoms with Gasteiger partial charge >= 0.3 is 6.09 Å². The van der Waals surface area contributed by atoms with E-state index in [4.69, 9.17) is 4.74 Å². The fraction of sp³-hybridized carbons (Fsp3) is 0.444. The van der Waals surface area contributed by atoms with Crippen molar-refractivity contribution in [3.63, 3.8) is 0 Å². The Hall–Kier alpha value is -2.34. The van der Waals surface area contributed by atoms with Crippen molar-refractivity contribution >= 4 is 17.0 Å². The van der Waals surface area contributed by atoms with Crippen LogP contribution in [0.4, 0.5) is 4.79 Å². The van der Waals surface area contributed by atoms with Crippen molar-refractivity contribution < 1.29 is 9.53 Å². The van der Waals surface area contributed by atoms with E-state index in [1.54, 1.807) is 16.5 Å². The molecule has 0 radical (unpaired) electrons. The number of para-hydroxylation sites is 1. The van der Waals surface area contributed by atoms with Crippen molar-refractivity contribution in [1.29, 1.82) is 0 Å². The van der Waals surface area contributed by atoms with Crippen molar-refractivity contribution in [2.24, 2.45) is 7.05 Å². The Morgan fingerprint density at radius 2 is 1.96 bits per heavy atom. The molecule has 2 aliphatic heterocycles. The number of nitrogens with zero attached hydrogens (tertiary/aromatic N) is 3. The number of likely N-dealkylation sites (N-methyl/N-ethyl adjacent to an activating group) is 1. The predicted octanol–water partition coefficient (Wildman–Crippen LogP) is 1.56. The highest BCUT2D eigenvalue weighted by Gasteiger charge is 2.48. The molecule has 6 nitrogen and oxygen atoms in total. The van der Waals surface area contributed by atoms with E-state index >= 15 is 0 Å². The van der Waals surface area contributed by atoms with Gasteiger partial charge in [-0.1, -0.05) is 18.2 Å². The van der Waals surface area contributed by atoms with E-state index in [2.05, 4.69) is 4.90 Å². The van der Waals surface area contributed by atoms with Crippen LogP contribution >= 0.6 is 0 Å². The molecule has 4 rings (SSSR count). The van der Waals surface area contributed by atoms with E-state index in [9.17, 15) is 9.59 Å². The summed E-state index contributed by atoms with van der Waals surface area (Å²) in [4.78, 5) is 28.1. The zero-order valence-electron chi connectivity index (χ0n) is 14.0. The van der Waals surface area contributed by atoms with E-state index in [0.29, 0.717) is 19.6 Å². The van der Waals surface area contributed by atoms with Gasteiger partial charge in [-0.15, -0.1) is 0 Å². The number of amides is 1. The van der Waals surface area contributed by atoms with Gasteiger partial charge in [0.1, 0.15) is 5.60 Å². The number of fused-ring (bicyclic) bond motifs is 1. The van der Waals surface area contributed by atoms with E-state index in [1.165, 1.54) is 0 Å². The standard InChI is InChI=1S/C18H21N3O3/c1-19-11-18(24-17(19)23)7-8-21(12-18)10-14-9-13-5-3-4-6-15(13)20(2)16(14)22/h3-6,9H,7-8,10-12H2,1-2H3/t18-/m1/s1. The van der Waals surface area contributed by atoms with Crippen molar-refractivity contribution in [3.05, 3.63) is 46.2 Å². The number of carbonyl (C=O) groups is 1. The third kappa shape index (κ3) is 2.38. The van der Waals surface area contributed by atoms with Crippen LogP contribution in [0.3, 0.4) is 0 Å². The average Bonchev–Trinajstić information content (AvgIpc) is 3.07. The zero-order valence-corrected chi connectivity index (χ0v) is 14.0. The summed E-state index contributed by atoms with van der Waals surface area (Å²) in [7, 11) is 3.58. The predicted molar refractivity (Wildman–Crippen MR) is 90.9 cm³/mol. The number of likely N-dealkylation sites (tertiary alicyclic amines) is 1. The molecule has 2 fully saturated rings. The molecule has 1 amide bonds. The van der Waals surface area contributed by atoms with Gasteiger partial charge in [0.25, 0.3) is 5.56 Å². The fourth-order valence-electron chi connectivity index (χ4n) is 3.91. The number of pyridine rings is 1. The molecule has 3 heterocycles. The third-order valence-electron chi connectivity index (χ3n) is 5.14. The normalized spacial score (nSPS) is 24.2.